The predicted molar refractivity (Wildman–Crippen MR) is 310 cm³/mol. The van der Waals surface area contributed by atoms with Gasteiger partial charge in [-0.3, -0.25) is 24.5 Å². The third-order valence-corrected chi connectivity index (χ3v) is 15.4. The third kappa shape index (κ3) is 14.8. The molecule has 3 atom stereocenters. The van der Waals surface area contributed by atoms with Gasteiger partial charge in [0.15, 0.2) is 0 Å². The summed E-state index contributed by atoms with van der Waals surface area (Å²) in [7, 11) is 0. The van der Waals surface area contributed by atoms with Gasteiger partial charge < -0.3 is 45.0 Å². The molecule has 85 heavy (non-hydrogen) atoms. The summed E-state index contributed by atoms with van der Waals surface area (Å²) in [5, 5.41) is 54.2. The van der Waals surface area contributed by atoms with E-state index in [9.17, 15) is 67.4 Å². The van der Waals surface area contributed by atoms with E-state index < -0.39 is 120 Å². The van der Waals surface area contributed by atoms with Gasteiger partial charge in [-0.05, 0) is 88.0 Å². The summed E-state index contributed by atoms with van der Waals surface area (Å²) < 4.78 is 46.8. The number of benzene rings is 6. The number of hydrogen-bond donors (Lipinski definition) is 6. The zero-order chi connectivity index (χ0) is 60.4. The van der Waals surface area contributed by atoms with E-state index in [1.165, 1.54) is 36.4 Å². The normalized spacial score (nSPS) is 13.2. The Morgan fingerprint density at radius 3 is 0.941 bits per heavy atom. The highest BCUT2D eigenvalue weighted by Gasteiger charge is 2.44. The smallest absolute Gasteiger partial charge is 0.326 e. The lowest BCUT2D eigenvalue weighted by Gasteiger charge is -2.26. The van der Waals surface area contributed by atoms with E-state index in [1.807, 2.05) is 31.9 Å². The summed E-state index contributed by atoms with van der Waals surface area (Å²) in [5.41, 5.74) is 3.90. The molecule has 0 spiro atoms. The zero-order valence-corrected chi connectivity index (χ0v) is 45.8. The van der Waals surface area contributed by atoms with Gasteiger partial charge in [0.1, 0.15) is 35.6 Å². The number of carbonyl (C=O) groups excluding carboxylic acids is 3. The molecule has 3 heterocycles. The molecule has 0 bridgehead atoms. The number of carboxylic acid groups (broad SMARTS) is 3. The molecule has 3 aromatic heterocycles. The van der Waals surface area contributed by atoms with Gasteiger partial charge in [-0.15, -0.1) is 0 Å². The second-order valence-electron chi connectivity index (χ2n) is 21.2. The first-order valence-electron chi connectivity index (χ1n) is 27.5. The molecule has 0 saturated carbocycles. The summed E-state index contributed by atoms with van der Waals surface area (Å²) in [6.07, 6.45) is 0.654. The number of nitrogens with one attached hydrogen (secondary N) is 3. The number of carboxylic acids is 3. The highest BCUT2D eigenvalue weighted by molar-refractivity contribution is 5.90. The maximum Gasteiger partial charge on any atom is 0.326 e. The Labute approximate surface area is 484 Å². The average molecular weight is 1160 g/mol. The lowest BCUT2D eigenvalue weighted by Crippen LogP contribution is -2.47. The second-order valence-corrected chi connectivity index (χ2v) is 21.2. The molecule has 9 aromatic rings. The Kier molecular flexibility index (Phi) is 18.5. The maximum atomic E-state index is 13.9. The van der Waals surface area contributed by atoms with E-state index in [-0.39, 0.29) is 19.3 Å². The first-order chi connectivity index (χ1) is 40.8. The number of nitro groups is 1. The number of aliphatic carboxylic acids is 3. The van der Waals surface area contributed by atoms with Crippen molar-refractivity contribution in [1.82, 2.24) is 29.7 Å². The summed E-state index contributed by atoms with van der Waals surface area (Å²) in [5.74, 6) is -8.18. The van der Waals surface area contributed by atoms with Crippen LogP contribution in [0.15, 0.2) is 164 Å². The molecule has 438 valence electrons. The average Bonchev–Trinajstić information content (AvgIpc) is 2.70. The monoisotopic (exact) mass is 1160 g/mol. The van der Waals surface area contributed by atoms with Crippen LogP contribution >= 0.6 is 0 Å². The molecule has 6 aromatic carbocycles. The molecule has 9 rings (SSSR count). The molecular weight excluding hydrogens is 1100 g/mol. The van der Waals surface area contributed by atoms with Gasteiger partial charge in [-0.1, -0.05) is 91.0 Å². The fourth-order valence-corrected chi connectivity index (χ4v) is 11.0. The van der Waals surface area contributed by atoms with Crippen LogP contribution in [0.5, 0.6) is 0 Å². The third-order valence-electron chi connectivity index (χ3n) is 15.4. The second kappa shape index (κ2) is 26.5. The lowest BCUT2D eigenvalue weighted by molar-refractivity contribution is -0.573. The molecule has 21 heteroatoms. The van der Waals surface area contributed by atoms with E-state index in [2.05, 4.69) is 16.0 Å². The molecule has 0 aliphatic rings. The predicted octanol–water partition coefficient (Wildman–Crippen LogP) is 9.21. The minimum atomic E-state index is -2.27. The maximum absolute atomic E-state index is 13.9. The largest absolute Gasteiger partial charge is 0.480 e. The number of para-hydroxylation sites is 3. The molecule has 0 saturated heterocycles. The molecule has 3 unspecified atom stereocenters. The van der Waals surface area contributed by atoms with Crippen LogP contribution < -0.4 is 16.0 Å². The van der Waals surface area contributed by atoms with Gasteiger partial charge in [0, 0.05) is 134 Å². The van der Waals surface area contributed by atoms with Crippen LogP contribution in [-0.4, -0.2) is 93.2 Å². The van der Waals surface area contributed by atoms with Gasteiger partial charge in [0.2, 0.25) is 23.3 Å². The summed E-state index contributed by atoms with van der Waals surface area (Å²) in [6, 6.07) is 34.6. The Balaban J connectivity index is 0.921. The van der Waals surface area contributed by atoms with Crippen molar-refractivity contribution in [2.75, 3.05) is 0 Å². The van der Waals surface area contributed by atoms with Crippen LogP contribution in [0.3, 0.4) is 0 Å². The Hall–Kier alpha value is -10.1. The number of aromatic nitrogens is 3. The first kappa shape index (κ1) is 59.6. The minimum absolute atomic E-state index is 0.211. The Bertz CT molecular complexity index is 3540. The van der Waals surface area contributed by atoms with Crippen LogP contribution in [0.2, 0.25) is 0 Å². The van der Waals surface area contributed by atoms with Crippen molar-refractivity contribution >= 4 is 68.3 Å². The topological polar surface area (TPSA) is 257 Å². The summed E-state index contributed by atoms with van der Waals surface area (Å²) in [4.78, 5) is 92.8. The van der Waals surface area contributed by atoms with Gasteiger partial charge in [-0.2, -0.15) is 0 Å². The standard InChI is InChI=1S/C64H60F3N7O11/c65-46-19-13-40(14-20-46)34-71-37-43(49-7-1-4-10-55(49)71)31-52(61(78)79)68-58(75)25-28-64(74(84)85,29-26-59(76)69-53(62(80)81)32-44-38-72(56-11-5-2-8-50(44)56)35-41-15-21-47(66)22-16-41)30-27-60(77)70-54(63(82)83)33-45-39-73(57-12-6-3-9-51(45)57)36-42-17-23-48(67)24-18-42/h1-24,37-39,52-54H,25-36H2,(H,68,75)(H,69,76)(H,70,77)(H,78,79)(H,80,81)(H,82,83). The molecule has 0 radical (unpaired) electrons. The van der Waals surface area contributed by atoms with E-state index in [1.54, 1.807) is 110 Å². The van der Waals surface area contributed by atoms with E-state index in [0.717, 1.165) is 33.2 Å². The SMILES string of the molecule is O=C(CCC(CCC(=O)NC(Cc1cn(Cc2ccc(F)cc2)c2ccccc12)C(=O)O)(CCC(=O)NC(Cc1cn(Cc2ccc(F)cc2)c2ccccc12)C(=O)O)[N+](=O)[O-])NC(Cc1cn(Cc2ccc(F)cc2)c2ccccc12)C(=O)O. The number of amides is 3. The first-order valence-corrected chi connectivity index (χ1v) is 27.5. The molecule has 6 N–H and O–H groups in total. The number of nitrogens with zero attached hydrogens (tertiary/aromatic N) is 4. The summed E-state index contributed by atoms with van der Waals surface area (Å²) in [6.45, 7) is 0.942. The lowest BCUT2D eigenvalue weighted by atomic mass is 9.83. The van der Waals surface area contributed by atoms with E-state index in [4.69, 9.17) is 0 Å². The van der Waals surface area contributed by atoms with Crippen molar-refractivity contribution in [1.29, 1.82) is 0 Å². The number of carbonyl (C=O) groups is 6. The number of halogens is 3. The minimum Gasteiger partial charge on any atom is -0.480 e. The van der Waals surface area contributed by atoms with Crippen LogP contribution in [0, 0.1) is 27.6 Å². The van der Waals surface area contributed by atoms with Crippen molar-refractivity contribution < 1.29 is 62.2 Å². The van der Waals surface area contributed by atoms with Gasteiger partial charge in [0.25, 0.3) is 0 Å². The fraction of sp³-hybridized carbons (Fsp3) is 0.250. The van der Waals surface area contributed by atoms with E-state index >= 15 is 0 Å². The van der Waals surface area contributed by atoms with Crippen LogP contribution in [0.25, 0.3) is 32.7 Å². The van der Waals surface area contributed by atoms with Crippen molar-refractivity contribution in [3.05, 3.63) is 225 Å². The molecule has 18 nitrogen and oxygen atoms in total. The molecular formula is C64H60F3N7O11. The van der Waals surface area contributed by atoms with Crippen molar-refractivity contribution in [3.8, 4) is 0 Å². The zero-order valence-electron chi connectivity index (χ0n) is 45.8. The molecule has 0 fully saturated rings. The van der Waals surface area contributed by atoms with Crippen molar-refractivity contribution in [3.63, 3.8) is 0 Å². The van der Waals surface area contributed by atoms with E-state index in [0.29, 0.717) is 52.5 Å². The fourth-order valence-electron chi connectivity index (χ4n) is 11.0. The Morgan fingerprint density at radius 1 is 0.435 bits per heavy atom. The van der Waals surface area contributed by atoms with Gasteiger partial charge >= 0.3 is 17.9 Å². The van der Waals surface area contributed by atoms with Crippen LogP contribution in [0.1, 0.15) is 71.9 Å². The number of fused-ring (bicyclic) bond motifs is 3. The summed E-state index contributed by atoms with van der Waals surface area (Å²) >= 11 is 0. The Morgan fingerprint density at radius 2 is 0.694 bits per heavy atom. The quantitative estimate of drug-likeness (QED) is 0.0199. The molecule has 0 aliphatic carbocycles. The number of hydrogen-bond acceptors (Lipinski definition) is 8. The van der Waals surface area contributed by atoms with Crippen molar-refractivity contribution in [2.24, 2.45) is 0 Å². The molecule has 3 amide bonds. The number of rotatable bonds is 28. The molecule has 0 aliphatic heterocycles. The van der Waals surface area contributed by atoms with Crippen LogP contribution in [-0.2, 0) is 67.7 Å². The van der Waals surface area contributed by atoms with Crippen LogP contribution in [0.4, 0.5) is 13.2 Å². The van der Waals surface area contributed by atoms with Gasteiger partial charge in [0.05, 0.1) is 0 Å². The highest BCUT2D eigenvalue weighted by Crippen LogP contribution is 2.32. The van der Waals surface area contributed by atoms with Crippen molar-refractivity contribution in [2.45, 2.75) is 101 Å². The highest BCUT2D eigenvalue weighted by atomic mass is 19.1. The van der Waals surface area contributed by atoms with Gasteiger partial charge in [-0.25, -0.2) is 27.6 Å².